The number of carbonyl (C=O) groups is 3. The van der Waals surface area contributed by atoms with Gasteiger partial charge in [-0.3, -0.25) is 14.4 Å². The maximum atomic E-state index is 12.7. The van der Waals surface area contributed by atoms with Crippen LogP contribution in [0.5, 0.6) is 11.5 Å². The zero-order chi connectivity index (χ0) is 21.8. The van der Waals surface area contributed by atoms with Gasteiger partial charge in [0, 0.05) is 25.4 Å². The topological polar surface area (TPSA) is 97.0 Å². The predicted molar refractivity (Wildman–Crippen MR) is 114 cm³/mol. The lowest BCUT2D eigenvalue weighted by Crippen LogP contribution is -2.47. The lowest BCUT2D eigenvalue weighted by atomic mass is 9.94. The Balaban J connectivity index is 1.42. The molecule has 0 radical (unpaired) electrons. The Morgan fingerprint density at radius 1 is 1.26 bits per heavy atom. The van der Waals surface area contributed by atoms with Crippen LogP contribution >= 0.6 is 0 Å². The lowest BCUT2D eigenvalue weighted by Gasteiger charge is -2.32. The van der Waals surface area contributed by atoms with Crippen LogP contribution in [0, 0.1) is 0 Å². The number of rotatable bonds is 4. The second kappa shape index (κ2) is 9.16. The molecule has 1 saturated carbocycles. The molecule has 1 atom stereocenters. The van der Waals surface area contributed by atoms with Gasteiger partial charge in [0.25, 0.3) is 5.91 Å². The fraction of sp³-hybridized carbons (Fsp3) is 0.609. The van der Waals surface area contributed by atoms with Gasteiger partial charge in [0.05, 0.1) is 25.8 Å². The molecule has 2 heterocycles. The van der Waals surface area contributed by atoms with Gasteiger partial charge >= 0.3 is 0 Å². The number of carbonyl (C=O) groups excluding carboxylic acids is 3. The Hall–Kier alpha value is -2.77. The summed E-state index contributed by atoms with van der Waals surface area (Å²) in [5.74, 6) is 0.713. The molecule has 8 nitrogen and oxygen atoms in total. The monoisotopic (exact) mass is 429 g/mol. The van der Waals surface area contributed by atoms with Gasteiger partial charge in [-0.05, 0) is 37.5 Å². The zero-order valence-electron chi connectivity index (χ0n) is 18.1. The van der Waals surface area contributed by atoms with Crippen molar-refractivity contribution in [1.29, 1.82) is 0 Å². The molecule has 0 bridgehead atoms. The fourth-order valence-electron chi connectivity index (χ4n) is 4.73. The van der Waals surface area contributed by atoms with E-state index in [0.29, 0.717) is 43.0 Å². The van der Waals surface area contributed by atoms with Crippen LogP contribution in [0.25, 0.3) is 0 Å². The molecule has 1 aliphatic carbocycles. The van der Waals surface area contributed by atoms with Gasteiger partial charge in [-0.15, -0.1) is 0 Å². The summed E-state index contributed by atoms with van der Waals surface area (Å²) in [7, 11) is 1.55. The summed E-state index contributed by atoms with van der Waals surface area (Å²) in [6, 6.07) is 5.38. The number of hydrogen-bond acceptors (Lipinski definition) is 5. The van der Waals surface area contributed by atoms with Crippen molar-refractivity contribution in [3.8, 4) is 11.5 Å². The van der Waals surface area contributed by atoms with Gasteiger partial charge in [-0.1, -0.05) is 19.3 Å². The molecule has 1 aromatic rings. The van der Waals surface area contributed by atoms with E-state index < -0.39 is 5.60 Å². The van der Waals surface area contributed by atoms with Gasteiger partial charge in [0.2, 0.25) is 11.8 Å². The largest absolute Gasteiger partial charge is 0.497 e. The summed E-state index contributed by atoms with van der Waals surface area (Å²) in [4.78, 5) is 39.5. The Morgan fingerprint density at radius 2 is 2.06 bits per heavy atom. The molecule has 2 fully saturated rings. The van der Waals surface area contributed by atoms with E-state index in [4.69, 9.17) is 9.47 Å². The van der Waals surface area contributed by atoms with Crippen molar-refractivity contribution >= 4 is 17.7 Å². The summed E-state index contributed by atoms with van der Waals surface area (Å²) in [6.45, 7) is 0.808. The first-order valence-corrected chi connectivity index (χ1v) is 11.2. The summed E-state index contributed by atoms with van der Waals surface area (Å²) in [6.07, 6.45) is 6.85. The number of fused-ring (bicyclic) bond motifs is 1. The van der Waals surface area contributed by atoms with Crippen LogP contribution < -0.4 is 20.1 Å². The molecular weight excluding hydrogens is 398 g/mol. The lowest BCUT2D eigenvalue weighted by molar-refractivity contribution is -0.135. The molecule has 0 aromatic heterocycles. The Bertz CT molecular complexity index is 852. The summed E-state index contributed by atoms with van der Waals surface area (Å²) < 4.78 is 11.6. The van der Waals surface area contributed by atoms with Gasteiger partial charge in [0.15, 0.2) is 0 Å². The smallest absolute Gasteiger partial charge is 0.255 e. The summed E-state index contributed by atoms with van der Waals surface area (Å²) >= 11 is 0. The van der Waals surface area contributed by atoms with Crippen molar-refractivity contribution in [2.24, 2.45) is 0 Å². The quantitative estimate of drug-likeness (QED) is 0.763. The first kappa shape index (κ1) is 21.5. The van der Waals surface area contributed by atoms with E-state index in [0.717, 1.165) is 25.7 Å². The number of amides is 3. The molecule has 3 aliphatic rings. The second-order valence-corrected chi connectivity index (χ2v) is 8.80. The molecule has 1 spiro atoms. The van der Waals surface area contributed by atoms with Crippen LogP contribution in [0.3, 0.4) is 0 Å². The van der Waals surface area contributed by atoms with E-state index in [1.807, 2.05) is 0 Å². The molecule has 168 valence electrons. The molecule has 4 rings (SSSR count). The fourth-order valence-corrected chi connectivity index (χ4v) is 4.73. The molecule has 2 aliphatic heterocycles. The third-order valence-corrected chi connectivity index (χ3v) is 6.62. The van der Waals surface area contributed by atoms with Crippen LogP contribution in [0.2, 0.25) is 0 Å². The molecule has 3 amide bonds. The average molecular weight is 430 g/mol. The minimum absolute atomic E-state index is 0.0511. The van der Waals surface area contributed by atoms with Crippen LogP contribution in [-0.4, -0.2) is 61.0 Å². The Labute approximate surface area is 182 Å². The zero-order valence-corrected chi connectivity index (χ0v) is 18.1. The number of nitrogens with zero attached hydrogens (tertiary/aromatic N) is 1. The highest BCUT2D eigenvalue weighted by atomic mass is 16.5. The van der Waals surface area contributed by atoms with Crippen molar-refractivity contribution in [3.63, 3.8) is 0 Å². The van der Waals surface area contributed by atoms with Gasteiger partial charge in [0.1, 0.15) is 17.1 Å². The Kier molecular flexibility index (Phi) is 6.34. The summed E-state index contributed by atoms with van der Waals surface area (Å²) in [5.41, 5.74) is -0.254. The van der Waals surface area contributed by atoms with Crippen LogP contribution in [0.1, 0.15) is 61.7 Å². The van der Waals surface area contributed by atoms with E-state index in [-0.39, 0.29) is 36.7 Å². The number of ether oxygens (including phenoxy) is 2. The van der Waals surface area contributed by atoms with Gasteiger partial charge in [-0.25, -0.2) is 0 Å². The van der Waals surface area contributed by atoms with Crippen molar-refractivity contribution in [3.05, 3.63) is 23.8 Å². The van der Waals surface area contributed by atoms with Crippen LogP contribution in [0.4, 0.5) is 0 Å². The average Bonchev–Trinajstić information content (AvgIpc) is 3.01. The highest BCUT2D eigenvalue weighted by Crippen LogP contribution is 2.34. The SMILES string of the molecule is COc1ccc2c(c1)C(=O)NCC1(CCC(=O)N(CC(=O)NC3CCCCC3)CC1)O2. The minimum atomic E-state index is -0.681. The molecular formula is C23H31N3O5. The third kappa shape index (κ3) is 4.94. The van der Waals surface area contributed by atoms with Gasteiger partial charge in [-0.2, -0.15) is 0 Å². The summed E-state index contributed by atoms with van der Waals surface area (Å²) in [5, 5.41) is 6.02. The van der Waals surface area contributed by atoms with E-state index >= 15 is 0 Å². The van der Waals surface area contributed by atoms with Crippen molar-refractivity contribution in [2.45, 2.75) is 63.0 Å². The molecule has 31 heavy (non-hydrogen) atoms. The van der Waals surface area contributed by atoms with E-state index in [9.17, 15) is 14.4 Å². The first-order chi connectivity index (χ1) is 15.0. The van der Waals surface area contributed by atoms with Gasteiger partial charge < -0.3 is 25.0 Å². The molecule has 1 unspecified atom stereocenters. The highest BCUT2D eigenvalue weighted by Gasteiger charge is 2.40. The predicted octanol–water partition coefficient (Wildman–Crippen LogP) is 2.02. The Morgan fingerprint density at radius 3 is 2.84 bits per heavy atom. The molecule has 1 aromatic carbocycles. The van der Waals surface area contributed by atoms with Crippen LogP contribution in [-0.2, 0) is 9.59 Å². The second-order valence-electron chi connectivity index (χ2n) is 8.80. The number of hydrogen-bond donors (Lipinski definition) is 2. The van der Waals surface area contributed by atoms with Crippen molar-refractivity contribution in [1.82, 2.24) is 15.5 Å². The minimum Gasteiger partial charge on any atom is -0.497 e. The maximum Gasteiger partial charge on any atom is 0.255 e. The third-order valence-electron chi connectivity index (χ3n) is 6.62. The normalized spacial score (nSPS) is 24.5. The first-order valence-electron chi connectivity index (χ1n) is 11.2. The van der Waals surface area contributed by atoms with Crippen LogP contribution in [0.15, 0.2) is 18.2 Å². The van der Waals surface area contributed by atoms with E-state index in [2.05, 4.69) is 10.6 Å². The standard InChI is InChI=1S/C23H31N3O5/c1-30-17-7-8-19-18(13-17)22(29)24-15-23(31-19)10-9-21(28)26(12-11-23)14-20(27)25-16-5-3-2-4-6-16/h7-8,13,16H,2-6,9-12,14-15H2,1H3,(H,24,29)(H,25,27). The van der Waals surface area contributed by atoms with Crippen molar-refractivity contribution in [2.75, 3.05) is 26.7 Å². The van der Waals surface area contributed by atoms with E-state index in [1.165, 1.54) is 6.42 Å². The van der Waals surface area contributed by atoms with E-state index in [1.54, 1.807) is 30.2 Å². The molecule has 8 heteroatoms. The van der Waals surface area contributed by atoms with Crippen molar-refractivity contribution < 1.29 is 23.9 Å². The number of methoxy groups -OCH3 is 1. The number of likely N-dealkylation sites (tertiary alicyclic amines) is 1. The molecule has 1 saturated heterocycles. The highest BCUT2D eigenvalue weighted by molar-refractivity contribution is 5.97. The number of nitrogens with one attached hydrogen (secondary N) is 2. The number of benzene rings is 1. The maximum absolute atomic E-state index is 12.7. The molecule has 2 N–H and O–H groups in total.